The molecule has 0 saturated heterocycles. The molecule has 8 heteroatoms. The summed E-state index contributed by atoms with van der Waals surface area (Å²) in [4.78, 5) is 21.3. The minimum Gasteiger partial charge on any atom is -0.357 e. The molecule has 6 nitrogen and oxygen atoms in total. The fourth-order valence-electron chi connectivity index (χ4n) is 2.44. The van der Waals surface area contributed by atoms with Crippen LogP contribution in [-0.4, -0.2) is 42.5 Å². The van der Waals surface area contributed by atoms with Gasteiger partial charge in [0.25, 0.3) is 5.91 Å². The summed E-state index contributed by atoms with van der Waals surface area (Å²) < 4.78 is 0. The fraction of sp³-hybridized carbons (Fsp3) is 0.722. The van der Waals surface area contributed by atoms with Crippen LogP contribution in [0.2, 0.25) is 0 Å². The summed E-state index contributed by atoms with van der Waals surface area (Å²) in [6, 6.07) is 0.393. The van der Waals surface area contributed by atoms with Crippen molar-refractivity contribution in [3.05, 3.63) is 16.1 Å². The summed E-state index contributed by atoms with van der Waals surface area (Å²) in [5.74, 6) is 0.742. The first-order chi connectivity index (χ1) is 12.1. The molecule has 0 spiro atoms. The molecule has 150 valence electrons. The van der Waals surface area contributed by atoms with Crippen LogP contribution < -0.4 is 16.0 Å². The Morgan fingerprint density at radius 3 is 2.65 bits per heavy atom. The van der Waals surface area contributed by atoms with Gasteiger partial charge in [-0.25, -0.2) is 4.98 Å². The minimum absolute atomic E-state index is 0. The molecule has 1 unspecified atom stereocenters. The van der Waals surface area contributed by atoms with E-state index in [4.69, 9.17) is 0 Å². The summed E-state index contributed by atoms with van der Waals surface area (Å²) in [5, 5.41) is 9.59. The van der Waals surface area contributed by atoms with E-state index >= 15 is 0 Å². The van der Waals surface area contributed by atoms with E-state index in [-0.39, 0.29) is 29.9 Å². The van der Waals surface area contributed by atoms with Crippen molar-refractivity contribution in [1.29, 1.82) is 0 Å². The van der Waals surface area contributed by atoms with Gasteiger partial charge >= 0.3 is 0 Å². The number of guanidine groups is 1. The van der Waals surface area contributed by atoms with Gasteiger partial charge in [0.1, 0.15) is 4.88 Å². The predicted octanol–water partition coefficient (Wildman–Crippen LogP) is 3.71. The smallest absolute Gasteiger partial charge is 0.263 e. The molecule has 0 saturated carbocycles. The Hall–Kier alpha value is -0.900. The summed E-state index contributed by atoms with van der Waals surface area (Å²) in [6.07, 6.45) is 6.25. The van der Waals surface area contributed by atoms with Gasteiger partial charge in [-0.1, -0.05) is 32.6 Å². The average Bonchev–Trinajstić information content (AvgIpc) is 3.01. The Bertz CT molecular complexity index is 535. The minimum atomic E-state index is -0.0718. The van der Waals surface area contributed by atoms with E-state index in [9.17, 15) is 4.79 Å². The van der Waals surface area contributed by atoms with Gasteiger partial charge in [-0.05, 0) is 27.2 Å². The molecule has 26 heavy (non-hydrogen) atoms. The van der Waals surface area contributed by atoms with Crippen LogP contribution in [0.3, 0.4) is 0 Å². The van der Waals surface area contributed by atoms with Gasteiger partial charge in [0.05, 0.1) is 17.7 Å². The molecule has 0 radical (unpaired) electrons. The van der Waals surface area contributed by atoms with Crippen molar-refractivity contribution in [1.82, 2.24) is 20.9 Å². The third-order valence-corrected chi connectivity index (χ3v) is 4.76. The van der Waals surface area contributed by atoms with Gasteiger partial charge in [-0.2, -0.15) is 0 Å². The molecule has 0 bridgehead atoms. The predicted molar refractivity (Wildman–Crippen MR) is 122 cm³/mol. The molecular formula is C18H34IN5OS. The second-order valence-electron chi connectivity index (χ2n) is 6.18. The number of aliphatic imine (C=N–C) groups is 1. The van der Waals surface area contributed by atoms with Crippen molar-refractivity contribution in [2.45, 2.75) is 65.8 Å². The molecule has 1 amide bonds. The van der Waals surface area contributed by atoms with E-state index in [1.807, 2.05) is 6.92 Å². The molecular weight excluding hydrogens is 461 g/mol. The lowest BCUT2D eigenvalue weighted by Crippen LogP contribution is -2.42. The van der Waals surface area contributed by atoms with Crippen LogP contribution in [0.5, 0.6) is 0 Å². The zero-order valence-electron chi connectivity index (χ0n) is 16.4. The van der Waals surface area contributed by atoms with E-state index in [0.29, 0.717) is 24.0 Å². The highest BCUT2D eigenvalue weighted by molar-refractivity contribution is 14.0. The lowest BCUT2D eigenvalue weighted by molar-refractivity contribution is 0.0958. The highest BCUT2D eigenvalue weighted by Crippen LogP contribution is 2.11. The van der Waals surface area contributed by atoms with Gasteiger partial charge in [0, 0.05) is 19.1 Å². The van der Waals surface area contributed by atoms with Crippen molar-refractivity contribution < 1.29 is 4.79 Å². The Labute approximate surface area is 179 Å². The van der Waals surface area contributed by atoms with E-state index in [1.54, 1.807) is 5.51 Å². The molecule has 0 aliphatic rings. The first kappa shape index (κ1) is 25.1. The van der Waals surface area contributed by atoms with E-state index in [2.05, 4.69) is 46.7 Å². The molecule has 0 aromatic carbocycles. The maximum absolute atomic E-state index is 12.0. The topological polar surface area (TPSA) is 78.4 Å². The van der Waals surface area contributed by atoms with Gasteiger partial charge in [-0.3, -0.25) is 9.79 Å². The SMILES string of the molecule is CCCCCCC(C)NC(=NCCNC(=O)c1scnc1C)NCC.I. The summed E-state index contributed by atoms with van der Waals surface area (Å²) in [5.41, 5.74) is 2.47. The number of rotatable bonds is 11. The normalized spacial score (nSPS) is 12.2. The number of carbonyl (C=O) groups excluding carboxylic acids is 1. The number of nitrogens with one attached hydrogen (secondary N) is 3. The number of hydrogen-bond donors (Lipinski definition) is 3. The maximum atomic E-state index is 12.0. The van der Waals surface area contributed by atoms with Crippen LogP contribution in [0.15, 0.2) is 10.5 Å². The number of thiazole rings is 1. The standard InChI is InChI=1S/C18H33N5OS.HI/c1-5-7-8-9-10-14(3)23-18(19-6-2)21-12-11-20-17(24)16-15(4)22-13-25-16;/h13-14H,5-12H2,1-4H3,(H,20,24)(H2,19,21,23);1H. The number of amides is 1. The number of unbranched alkanes of at least 4 members (excludes halogenated alkanes) is 3. The average molecular weight is 495 g/mol. The van der Waals surface area contributed by atoms with Gasteiger partial charge in [0.2, 0.25) is 0 Å². The monoisotopic (exact) mass is 495 g/mol. The third-order valence-electron chi connectivity index (χ3n) is 3.84. The lowest BCUT2D eigenvalue weighted by atomic mass is 10.1. The quantitative estimate of drug-likeness (QED) is 0.189. The summed E-state index contributed by atoms with van der Waals surface area (Å²) in [6.45, 7) is 10.2. The number of carbonyl (C=O) groups is 1. The van der Waals surface area contributed by atoms with Crippen molar-refractivity contribution in [3.63, 3.8) is 0 Å². The molecule has 1 aromatic rings. The number of aryl methyl sites for hydroxylation is 1. The van der Waals surface area contributed by atoms with Crippen molar-refractivity contribution in [2.75, 3.05) is 19.6 Å². The molecule has 0 aliphatic heterocycles. The molecule has 0 aliphatic carbocycles. The van der Waals surface area contributed by atoms with Crippen molar-refractivity contribution in [2.24, 2.45) is 4.99 Å². The highest BCUT2D eigenvalue weighted by atomic mass is 127. The first-order valence-corrected chi connectivity index (χ1v) is 10.2. The van der Waals surface area contributed by atoms with Crippen molar-refractivity contribution in [3.8, 4) is 0 Å². The molecule has 1 rings (SSSR count). The van der Waals surface area contributed by atoms with Crippen LogP contribution in [-0.2, 0) is 0 Å². The highest BCUT2D eigenvalue weighted by Gasteiger charge is 2.10. The van der Waals surface area contributed by atoms with Crippen LogP contribution in [0.4, 0.5) is 0 Å². The van der Waals surface area contributed by atoms with Crippen LogP contribution in [0.1, 0.15) is 68.2 Å². The van der Waals surface area contributed by atoms with E-state index in [0.717, 1.165) is 24.6 Å². The lowest BCUT2D eigenvalue weighted by Gasteiger charge is -2.17. The zero-order valence-corrected chi connectivity index (χ0v) is 19.6. The molecule has 1 aromatic heterocycles. The van der Waals surface area contributed by atoms with Crippen LogP contribution in [0.25, 0.3) is 0 Å². The van der Waals surface area contributed by atoms with Crippen LogP contribution >= 0.6 is 35.3 Å². The number of halogens is 1. The van der Waals surface area contributed by atoms with Gasteiger partial charge < -0.3 is 16.0 Å². The van der Waals surface area contributed by atoms with E-state index < -0.39 is 0 Å². The summed E-state index contributed by atoms with van der Waals surface area (Å²) in [7, 11) is 0. The maximum Gasteiger partial charge on any atom is 0.263 e. The van der Waals surface area contributed by atoms with Crippen LogP contribution in [0, 0.1) is 6.92 Å². The van der Waals surface area contributed by atoms with Gasteiger partial charge in [0.15, 0.2) is 5.96 Å². The second kappa shape index (κ2) is 15.2. The Morgan fingerprint density at radius 1 is 1.27 bits per heavy atom. The third kappa shape index (κ3) is 10.3. The Balaban J connectivity index is 0.00000625. The van der Waals surface area contributed by atoms with Gasteiger partial charge in [-0.15, -0.1) is 35.3 Å². The molecule has 0 fully saturated rings. The Kier molecular flexibility index (Phi) is 14.7. The number of aromatic nitrogens is 1. The fourth-order valence-corrected chi connectivity index (χ4v) is 3.16. The summed E-state index contributed by atoms with van der Waals surface area (Å²) >= 11 is 1.37. The number of nitrogens with zero attached hydrogens (tertiary/aromatic N) is 2. The Morgan fingerprint density at radius 2 is 2.04 bits per heavy atom. The second-order valence-corrected chi connectivity index (χ2v) is 7.03. The largest absolute Gasteiger partial charge is 0.357 e. The molecule has 1 atom stereocenters. The first-order valence-electron chi connectivity index (χ1n) is 9.31. The van der Waals surface area contributed by atoms with Crippen molar-refractivity contribution >= 4 is 47.2 Å². The molecule has 3 N–H and O–H groups in total. The van der Waals surface area contributed by atoms with E-state index in [1.165, 1.54) is 37.0 Å². The molecule has 1 heterocycles. The zero-order chi connectivity index (χ0) is 18.5. The number of hydrogen-bond acceptors (Lipinski definition) is 4.